The normalized spacial score (nSPS) is 14.8. The number of hydrogen-bond donors (Lipinski definition) is 0. The van der Waals surface area contributed by atoms with Crippen LogP contribution in [-0.4, -0.2) is 51.5 Å². The van der Waals surface area contributed by atoms with Gasteiger partial charge in [0.1, 0.15) is 10.6 Å². The lowest BCUT2D eigenvalue weighted by molar-refractivity contribution is 0.0751. The van der Waals surface area contributed by atoms with Gasteiger partial charge in [-0.15, -0.1) is 11.3 Å². The zero-order chi connectivity index (χ0) is 18.3. The molecule has 134 valence electrons. The van der Waals surface area contributed by atoms with Crippen molar-refractivity contribution in [2.45, 2.75) is 6.92 Å². The minimum Gasteiger partial charge on any atom is -0.353 e. The fraction of sp³-hybridized carbons (Fsp3) is 0.333. The van der Waals surface area contributed by atoms with Gasteiger partial charge in [-0.1, -0.05) is 6.07 Å². The van der Waals surface area contributed by atoms with Gasteiger partial charge in [-0.05, 0) is 24.6 Å². The standard InChI is InChI=1S/C18H19N5O2S/c1-12-14-16(20-11-21(2)17(14)24)26-15(12)18(25)23-9-7-22(8-10-23)13-5-3-4-6-19-13/h3-6,11H,7-10H2,1-2H3. The van der Waals surface area contributed by atoms with E-state index in [2.05, 4.69) is 14.9 Å². The number of aromatic nitrogens is 3. The van der Waals surface area contributed by atoms with Crippen LogP contribution in [0, 0.1) is 6.92 Å². The average Bonchev–Trinajstić information content (AvgIpc) is 3.02. The number of piperazine rings is 1. The summed E-state index contributed by atoms with van der Waals surface area (Å²) < 4.78 is 1.45. The number of anilines is 1. The molecule has 0 radical (unpaired) electrons. The minimum atomic E-state index is -0.109. The van der Waals surface area contributed by atoms with Gasteiger partial charge in [-0.2, -0.15) is 0 Å². The molecular weight excluding hydrogens is 350 g/mol. The number of nitrogens with zero attached hydrogens (tertiary/aromatic N) is 5. The lowest BCUT2D eigenvalue weighted by Crippen LogP contribution is -2.49. The van der Waals surface area contributed by atoms with E-state index in [-0.39, 0.29) is 11.5 Å². The average molecular weight is 369 g/mol. The molecule has 0 aliphatic carbocycles. The maximum absolute atomic E-state index is 13.0. The Morgan fingerprint density at radius 3 is 2.62 bits per heavy atom. The van der Waals surface area contributed by atoms with Crippen molar-refractivity contribution in [2.24, 2.45) is 7.05 Å². The number of thiophene rings is 1. The third-order valence-electron chi connectivity index (χ3n) is 4.75. The molecule has 0 saturated carbocycles. The first kappa shape index (κ1) is 16.7. The molecule has 4 rings (SSSR count). The lowest BCUT2D eigenvalue weighted by atomic mass is 10.2. The highest BCUT2D eigenvalue weighted by atomic mass is 32.1. The van der Waals surface area contributed by atoms with Crippen LogP contribution in [0.1, 0.15) is 15.2 Å². The number of fused-ring (bicyclic) bond motifs is 1. The smallest absolute Gasteiger partial charge is 0.264 e. The Labute approximate surface area is 154 Å². The van der Waals surface area contributed by atoms with E-state index < -0.39 is 0 Å². The predicted molar refractivity (Wildman–Crippen MR) is 102 cm³/mol. The fourth-order valence-electron chi connectivity index (χ4n) is 3.24. The molecule has 1 fully saturated rings. The lowest BCUT2D eigenvalue weighted by Gasteiger charge is -2.35. The van der Waals surface area contributed by atoms with Gasteiger partial charge in [0.2, 0.25) is 0 Å². The van der Waals surface area contributed by atoms with Gasteiger partial charge in [0.15, 0.2) is 0 Å². The Bertz CT molecular complexity index is 1020. The van der Waals surface area contributed by atoms with E-state index in [9.17, 15) is 9.59 Å². The molecule has 1 aliphatic heterocycles. The number of carbonyl (C=O) groups is 1. The van der Waals surface area contributed by atoms with Crippen molar-refractivity contribution < 1.29 is 4.79 Å². The maximum atomic E-state index is 13.0. The maximum Gasteiger partial charge on any atom is 0.264 e. The first-order valence-electron chi connectivity index (χ1n) is 8.46. The van der Waals surface area contributed by atoms with E-state index in [1.807, 2.05) is 30.0 Å². The second-order valence-electron chi connectivity index (χ2n) is 6.36. The predicted octanol–water partition coefficient (Wildman–Crippen LogP) is 1.66. The summed E-state index contributed by atoms with van der Waals surface area (Å²) in [4.78, 5) is 39.3. The second-order valence-corrected chi connectivity index (χ2v) is 7.36. The summed E-state index contributed by atoms with van der Waals surface area (Å²) in [5.74, 6) is 0.915. The van der Waals surface area contributed by atoms with Crippen LogP contribution < -0.4 is 10.5 Å². The van der Waals surface area contributed by atoms with Gasteiger partial charge in [0.25, 0.3) is 11.5 Å². The Kier molecular flexibility index (Phi) is 4.20. The quantitative estimate of drug-likeness (QED) is 0.687. The van der Waals surface area contributed by atoms with Crippen molar-refractivity contribution in [3.8, 4) is 0 Å². The van der Waals surface area contributed by atoms with E-state index in [4.69, 9.17) is 0 Å². The number of rotatable bonds is 2. The summed E-state index contributed by atoms with van der Waals surface area (Å²) in [5.41, 5.74) is 0.624. The number of aryl methyl sites for hydroxylation is 2. The Balaban J connectivity index is 1.56. The second kappa shape index (κ2) is 6.53. The minimum absolute atomic E-state index is 0.0202. The Morgan fingerprint density at radius 2 is 1.92 bits per heavy atom. The molecule has 3 aromatic rings. The fourth-order valence-corrected chi connectivity index (χ4v) is 4.34. The van der Waals surface area contributed by atoms with Crippen molar-refractivity contribution in [3.63, 3.8) is 0 Å². The van der Waals surface area contributed by atoms with E-state index in [0.29, 0.717) is 28.2 Å². The molecule has 0 atom stereocenters. The topological polar surface area (TPSA) is 71.3 Å². The molecule has 1 saturated heterocycles. The third kappa shape index (κ3) is 2.76. The summed E-state index contributed by atoms with van der Waals surface area (Å²) in [5, 5.41) is 0.551. The van der Waals surface area contributed by atoms with Gasteiger partial charge in [-0.25, -0.2) is 9.97 Å². The Morgan fingerprint density at radius 1 is 1.15 bits per heavy atom. The number of hydrogen-bond acceptors (Lipinski definition) is 6. The van der Waals surface area contributed by atoms with E-state index in [1.165, 1.54) is 22.2 Å². The van der Waals surface area contributed by atoms with Crippen LogP contribution >= 0.6 is 11.3 Å². The van der Waals surface area contributed by atoms with Crippen LogP contribution in [0.5, 0.6) is 0 Å². The van der Waals surface area contributed by atoms with Crippen molar-refractivity contribution in [2.75, 3.05) is 31.1 Å². The van der Waals surface area contributed by atoms with Crippen LogP contribution in [0.3, 0.4) is 0 Å². The Hall–Kier alpha value is -2.74. The van der Waals surface area contributed by atoms with Crippen molar-refractivity contribution in [3.05, 3.63) is 51.5 Å². The van der Waals surface area contributed by atoms with Gasteiger partial charge in [0.05, 0.1) is 16.6 Å². The van der Waals surface area contributed by atoms with Gasteiger partial charge >= 0.3 is 0 Å². The SMILES string of the molecule is Cc1c(C(=O)N2CCN(c3ccccn3)CC2)sc2ncn(C)c(=O)c12. The molecular formula is C18H19N5O2S. The summed E-state index contributed by atoms with van der Waals surface area (Å²) in [6, 6.07) is 5.84. The van der Waals surface area contributed by atoms with Crippen molar-refractivity contribution >= 4 is 33.3 Å². The van der Waals surface area contributed by atoms with E-state index in [1.54, 1.807) is 13.2 Å². The molecule has 4 heterocycles. The van der Waals surface area contributed by atoms with Crippen LogP contribution in [0.2, 0.25) is 0 Å². The highest BCUT2D eigenvalue weighted by Crippen LogP contribution is 2.28. The summed E-state index contributed by atoms with van der Waals surface area (Å²) in [7, 11) is 1.67. The number of amides is 1. The van der Waals surface area contributed by atoms with Crippen LogP contribution in [0.25, 0.3) is 10.2 Å². The molecule has 0 aromatic carbocycles. The van der Waals surface area contributed by atoms with E-state index in [0.717, 1.165) is 24.5 Å². The summed E-state index contributed by atoms with van der Waals surface area (Å²) >= 11 is 1.30. The molecule has 1 aliphatic rings. The molecule has 3 aromatic heterocycles. The third-order valence-corrected chi connectivity index (χ3v) is 5.93. The summed E-state index contributed by atoms with van der Waals surface area (Å²) in [6.07, 6.45) is 3.28. The molecule has 26 heavy (non-hydrogen) atoms. The largest absolute Gasteiger partial charge is 0.353 e. The molecule has 8 heteroatoms. The molecule has 0 spiro atoms. The molecule has 0 bridgehead atoms. The monoisotopic (exact) mass is 369 g/mol. The van der Waals surface area contributed by atoms with Gasteiger partial charge in [-0.3, -0.25) is 9.59 Å². The van der Waals surface area contributed by atoms with Crippen LogP contribution in [0.15, 0.2) is 35.5 Å². The first-order chi connectivity index (χ1) is 12.6. The number of pyridine rings is 1. The molecule has 7 nitrogen and oxygen atoms in total. The van der Waals surface area contributed by atoms with Crippen LogP contribution in [0.4, 0.5) is 5.82 Å². The van der Waals surface area contributed by atoms with E-state index >= 15 is 0 Å². The van der Waals surface area contributed by atoms with Gasteiger partial charge < -0.3 is 14.4 Å². The van der Waals surface area contributed by atoms with Crippen molar-refractivity contribution in [1.29, 1.82) is 0 Å². The van der Waals surface area contributed by atoms with Gasteiger partial charge in [0, 0.05) is 39.4 Å². The summed E-state index contributed by atoms with van der Waals surface area (Å²) in [6.45, 7) is 4.59. The molecule has 1 amide bonds. The molecule has 0 N–H and O–H groups in total. The first-order valence-corrected chi connectivity index (χ1v) is 9.28. The van der Waals surface area contributed by atoms with Crippen LogP contribution in [-0.2, 0) is 7.05 Å². The zero-order valence-corrected chi connectivity index (χ0v) is 15.5. The molecule has 0 unspecified atom stereocenters. The zero-order valence-electron chi connectivity index (χ0n) is 14.7. The number of carbonyl (C=O) groups excluding carboxylic acids is 1. The van der Waals surface area contributed by atoms with Crippen molar-refractivity contribution in [1.82, 2.24) is 19.4 Å². The highest BCUT2D eigenvalue weighted by Gasteiger charge is 2.26. The highest BCUT2D eigenvalue weighted by molar-refractivity contribution is 7.20.